The molecule has 2 saturated carbocycles. The second kappa shape index (κ2) is 31.3. The first-order valence-electron chi connectivity index (χ1n) is 30.6. The molecule has 0 bridgehead atoms. The van der Waals surface area contributed by atoms with Crippen LogP contribution in [0, 0.1) is 11.6 Å². The third-order valence-electron chi connectivity index (χ3n) is 16.6. The zero-order valence-electron chi connectivity index (χ0n) is 53.3. The predicted molar refractivity (Wildman–Crippen MR) is 361 cm³/mol. The first-order valence-corrected chi connectivity index (χ1v) is 38.0. The Labute approximate surface area is 550 Å². The lowest BCUT2D eigenvalue weighted by Crippen LogP contribution is -2.50. The van der Waals surface area contributed by atoms with E-state index in [4.69, 9.17) is 9.97 Å². The van der Waals surface area contributed by atoms with Gasteiger partial charge in [-0.2, -0.15) is 4.31 Å². The molecule has 4 aliphatic rings. The maximum absolute atomic E-state index is 13.8. The molecule has 0 amide bonds. The number of sulfonamides is 3. The summed E-state index contributed by atoms with van der Waals surface area (Å²) in [6.07, 6.45) is 14.3. The van der Waals surface area contributed by atoms with E-state index in [0.29, 0.717) is 92.4 Å². The minimum Gasteiger partial charge on any atom is -0.349 e. The van der Waals surface area contributed by atoms with Gasteiger partial charge in [-0.1, -0.05) is 36.4 Å². The van der Waals surface area contributed by atoms with Crippen LogP contribution in [0.5, 0.6) is 0 Å². The molecule has 0 radical (unpaired) electrons. The van der Waals surface area contributed by atoms with Crippen LogP contribution in [0.1, 0.15) is 60.0 Å². The fraction of sp³-hybridized carbons (Fsp3) is 0.438. The van der Waals surface area contributed by atoms with Crippen LogP contribution in [-0.2, 0) is 52.0 Å². The van der Waals surface area contributed by atoms with Crippen molar-refractivity contribution >= 4 is 61.4 Å². The number of nitrogens with one attached hydrogen (secondary N) is 1. The summed E-state index contributed by atoms with van der Waals surface area (Å²) in [7, 11) is -3.37. The molecule has 4 fully saturated rings. The third-order valence-corrected chi connectivity index (χ3v) is 21.6. The van der Waals surface area contributed by atoms with Crippen molar-refractivity contribution in [3.8, 4) is 11.4 Å². The normalized spacial score (nSPS) is 18.6. The average Bonchev–Trinajstić information content (AvgIpc) is 1.30. The van der Waals surface area contributed by atoms with Gasteiger partial charge < -0.3 is 15.1 Å². The number of aryl methyl sites for hydroxylation is 2. The van der Waals surface area contributed by atoms with Crippen molar-refractivity contribution < 1.29 is 42.5 Å². The summed E-state index contributed by atoms with van der Waals surface area (Å²) in [5, 5.41) is 3.32. The zero-order valence-corrected chi connectivity index (χ0v) is 57.3. The van der Waals surface area contributed by atoms with E-state index in [9.17, 15) is 52.0 Å². The summed E-state index contributed by atoms with van der Waals surface area (Å²) < 4.78 is 127. The van der Waals surface area contributed by atoms with Gasteiger partial charge in [-0.3, -0.25) is 28.5 Å². The molecule has 2 aliphatic carbocycles. The van der Waals surface area contributed by atoms with Gasteiger partial charge >= 0.3 is 0 Å². The van der Waals surface area contributed by atoms with E-state index < -0.39 is 39.1 Å². The Morgan fingerprint density at radius 3 is 1.25 bits per heavy atom. The molecule has 4 aromatic carbocycles. The lowest BCUT2D eigenvalue weighted by Gasteiger charge is -2.33. The number of aromatic nitrogens is 4. The lowest BCUT2D eigenvalue weighted by atomic mass is 10.1. The summed E-state index contributed by atoms with van der Waals surface area (Å²) in [5.74, 6) is 0.922. The molecule has 2 saturated heterocycles. The number of benzene rings is 4. The maximum Gasteiger partial charge on any atom is 0.298 e. The SMILES string of the molecule is C=CCN(CCCc1cn(-c2ccc(S(=O)(=O)N(C)C)cc2)c(=O)c(N2CCN(S(C)(=O)=O)CC2)n1)[C@@H]1C[C@H]1c1ccc(F)cc1.C=CCN(CCCc1cn(-c2ccc(S(=O)(=O)N(C)C)cc2)c(=O)c(N2CCNCC2)n1)[C@@H]1C[C@H]1c1ccc(F)cc1.CS(=O)(=O)Cl. The number of halogens is 3. The first kappa shape index (κ1) is 72.3. The summed E-state index contributed by atoms with van der Waals surface area (Å²) in [6, 6.07) is 26.7. The quantitative estimate of drug-likeness (QED) is 0.0520. The average molecular weight is 1380 g/mol. The molecule has 93 heavy (non-hydrogen) atoms. The van der Waals surface area contributed by atoms with Crippen molar-refractivity contribution in [1.29, 1.82) is 0 Å². The molecule has 4 heterocycles. The summed E-state index contributed by atoms with van der Waals surface area (Å²) in [4.78, 5) is 45.9. The topological polar surface area (TPSA) is 241 Å². The number of hydrogen-bond donors (Lipinski definition) is 1. The number of hydrogen-bond acceptors (Lipinski definition) is 17. The van der Waals surface area contributed by atoms with Crippen molar-refractivity contribution in [1.82, 2.24) is 47.1 Å². The van der Waals surface area contributed by atoms with Gasteiger partial charge in [0.2, 0.25) is 39.1 Å². The van der Waals surface area contributed by atoms with Crippen LogP contribution in [0.25, 0.3) is 11.4 Å². The Kier molecular flexibility index (Phi) is 24.3. The fourth-order valence-electron chi connectivity index (χ4n) is 11.5. The first-order chi connectivity index (χ1) is 44.0. The molecule has 504 valence electrons. The molecule has 0 spiro atoms. The number of anilines is 2. The van der Waals surface area contributed by atoms with E-state index in [2.05, 4.69) is 39.0 Å². The van der Waals surface area contributed by atoms with Gasteiger partial charge in [-0.05, 0) is 136 Å². The van der Waals surface area contributed by atoms with Crippen LogP contribution in [0.4, 0.5) is 20.4 Å². The molecular formula is C64H83ClF2N12O10S4. The smallest absolute Gasteiger partial charge is 0.298 e. The standard InChI is InChI=1S/C32H41FN6O5S2.C31H39FN6O3S.CH3ClO2S/c1-5-16-36(30-22-29(30)24-8-10-25(33)11-9-24)17-6-7-26-23-39(27-12-14-28(15-13-27)46(43,44)35(2)3)32(40)31(34-26)37-18-20-38(21-19-37)45(4,41)42;1-4-17-36(29-21-28(29)23-7-9-24(32)10-8-23)18-5-6-25-22-38(31(39)30(34-25)37-19-15-33-16-20-37)26-11-13-27(14-12-26)42(40,41)35(2)3;1-5(2,3)4/h5,8-15,23,29-30H,1,6-7,16-22H2,2-4H3;4,7-14,22,28-29,33H,1,5-6,15-21H2,2-3H3;1H3/t29-,30+;28-,29+;/m00./s1. The predicted octanol–water partition coefficient (Wildman–Crippen LogP) is 5.87. The Bertz CT molecular complexity index is 4150. The number of piperazine rings is 2. The second-order valence-electron chi connectivity index (χ2n) is 23.8. The number of nitrogens with zero attached hydrogens (tertiary/aromatic N) is 11. The molecular weight excluding hydrogens is 1300 g/mol. The van der Waals surface area contributed by atoms with E-state index in [-0.39, 0.29) is 51.5 Å². The molecule has 22 nitrogen and oxygen atoms in total. The van der Waals surface area contributed by atoms with E-state index in [0.717, 1.165) is 85.8 Å². The maximum atomic E-state index is 13.8. The van der Waals surface area contributed by atoms with Crippen LogP contribution < -0.4 is 26.2 Å². The molecule has 2 aromatic heterocycles. The molecule has 2 aliphatic heterocycles. The highest BCUT2D eigenvalue weighted by atomic mass is 35.7. The van der Waals surface area contributed by atoms with E-state index in [1.807, 2.05) is 46.2 Å². The van der Waals surface area contributed by atoms with E-state index >= 15 is 0 Å². The van der Waals surface area contributed by atoms with Gasteiger partial charge in [0.1, 0.15) is 11.6 Å². The van der Waals surface area contributed by atoms with Gasteiger partial charge in [0.25, 0.3) is 11.1 Å². The second-order valence-corrected chi connectivity index (χ2v) is 33.1. The van der Waals surface area contributed by atoms with Crippen LogP contribution >= 0.6 is 10.7 Å². The molecule has 29 heteroatoms. The van der Waals surface area contributed by atoms with Crippen molar-refractivity contribution in [2.24, 2.45) is 0 Å². The minimum absolute atomic E-state index is 0.113. The van der Waals surface area contributed by atoms with Crippen LogP contribution in [-0.4, -0.2) is 207 Å². The highest BCUT2D eigenvalue weighted by molar-refractivity contribution is 8.13. The van der Waals surface area contributed by atoms with Crippen LogP contribution in [0.3, 0.4) is 0 Å². The van der Waals surface area contributed by atoms with Crippen molar-refractivity contribution in [2.75, 3.05) is 129 Å². The summed E-state index contributed by atoms with van der Waals surface area (Å²) in [5.41, 5.74) is 4.27. The van der Waals surface area contributed by atoms with Crippen molar-refractivity contribution in [2.45, 2.75) is 72.2 Å². The van der Waals surface area contributed by atoms with Crippen LogP contribution in [0.15, 0.2) is 154 Å². The summed E-state index contributed by atoms with van der Waals surface area (Å²) in [6.45, 7) is 15.0. The highest BCUT2D eigenvalue weighted by Gasteiger charge is 2.43. The third kappa shape index (κ3) is 19.3. The summed E-state index contributed by atoms with van der Waals surface area (Å²) >= 11 is 0. The van der Waals surface area contributed by atoms with Gasteiger partial charge in [0, 0.05) is 152 Å². The van der Waals surface area contributed by atoms with Gasteiger partial charge in [-0.25, -0.2) is 61.0 Å². The zero-order chi connectivity index (χ0) is 67.6. The van der Waals surface area contributed by atoms with Crippen molar-refractivity contribution in [3.63, 3.8) is 0 Å². The molecule has 4 atom stereocenters. The minimum atomic E-state index is -3.64. The van der Waals surface area contributed by atoms with E-state index in [1.165, 1.54) is 96.2 Å². The van der Waals surface area contributed by atoms with E-state index in [1.54, 1.807) is 41.2 Å². The Morgan fingerprint density at radius 1 is 0.559 bits per heavy atom. The Hall–Kier alpha value is -6.57. The van der Waals surface area contributed by atoms with Crippen LogP contribution in [0.2, 0.25) is 0 Å². The lowest BCUT2D eigenvalue weighted by molar-refractivity contribution is 0.283. The monoisotopic (exact) mass is 1380 g/mol. The molecule has 10 rings (SSSR count). The van der Waals surface area contributed by atoms with Gasteiger partial charge in [0.05, 0.1) is 33.7 Å². The van der Waals surface area contributed by atoms with Crippen molar-refractivity contribution in [3.05, 3.63) is 190 Å². The fourth-order valence-corrected chi connectivity index (χ4v) is 14.2. The molecule has 0 unspecified atom stereocenters. The number of rotatable bonds is 25. The molecule has 6 aromatic rings. The Morgan fingerprint density at radius 2 is 0.914 bits per heavy atom. The largest absolute Gasteiger partial charge is 0.349 e. The molecule has 1 N–H and O–H groups in total. The highest BCUT2D eigenvalue weighted by Crippen LogP contribution is 2.46. The van der Waals surface area contributed by atoms with Gasteiger partial charge in [0.15, 0.2) is 11.6 Å². The Balaban J connectivity index is 0.000000223. The van der Waals surface area contributed by atoms with Gasteiger partial charge in [-0.15, -0.1) is 13.2 Å².